The Kier molecular flexibility index (Phi) is 20.9. The first-order chi connectivity index (χ1) is 33.6. The van der Waals surface area contributed by atoms with Crippen LogP contribution in [0.4, 0.5) is 15.3 Å². The lowest BCUT2D eigenvalue weighted by atomic mass is 9.90. The summed E-state index contributed by atoms with van der Waals surface area (Å²) in [6.45, 7) is 34.8. The van der Waals surface area contributed by atoms with Gasteiger partial charge in [-0.15, -0.1) is 0 Å². The molecule has 15 nitrogen and oxygen atoms in total. The van der Waals surface area contributed by atoms with Crippen LogP contribution in [-0.2, 0) is 41.3 Å². The van der Waals surface area contributed by atoms with Gasteiger partial charge in [-0.2, -0.15) is 0 Å². The van der Waals surface area contributed by atoms with Crippen LogP contribution in [0.25, 0.3) is 0 Å². The molecule has 2 aromatic rings. The van der Waals surface area contributed by atoms with Crippen LogP contribution < -0.4 is 26.1 Å². The van der Waals surface area contributed by atoms with Crippen molar-refractivity contribution in [3.8, 4) is 5.75 Å². The van der Waals surface area contributed by atoms with Gasteiger partial charge >= 0.3 is 18.1 Å². The molecule has 2 fully saturated rings. The number of nitrogens with one attached hydrogen (secondary N) is 3. The van der Waals surface area contributed by atoms with E-state index in [1.807, 2.05) is 31.7 Å². The quantitative estimate of drug-likeness (QED) is 0.0304. The Balaban J connectivity index is 1.55. The van der Waals surface area contributed by atoms with Gasteiger partial charge < -0.3 is 39.6 Å². The number of anilines is 1. The molecule has 2 aliphatic rings. The lowest BCUT2D eigenvalue weighted by Crippen LogP contribution is -2.50. The fourth-order valence-electron chi connectivity index (χ4n) is 9.89. The highest BCUT2D eigenvalue weighted by atomic mass is 28.4. The topological polar surface area (TPSA) is 205 Å². The van der Waals surface area contributed by atoms with Crippen molar-refractivity contribution in [2.24, 2.45) is 23.0 Å². The van der Waals surface area contributed by atoms with E-state index in [9.17, 15) is 28.8 Å². The zero-order chi connectivity index (χ0) is 53.9. The Morgan fingerprint density at radius 2 is 1.53 bits per heavy atom. The van der Waals surface area contributed by atoms with Crippen molar-refractivity contribution >= 4 is 58.0 Å². The number of aryl methyl sites for hydroxylation is 1. The number of benzene rings is 2. The Morgan fingerprint density at radius 3 is 2.07 bits per heavy atom. The Morgan fingerprint density at radius 1 is 0.917 bits per heavy atom. The number of ether oxygens (including phenoxy) is 2. The molecule has 1 saturated carbocycles. The minimum absolute atomic E-state index is 0.0197. The van der Waals surface area contributed by atoms with Crippen LogP contribution in [0.1, 0.15) is 142 Å². The molecule has 1 heterocycles. The number of ketones is 1. The van der Waals surface area contributed by atoms with E-state index in [4.69, 9.17) is 24.1 Å². The number of nitrogens with zero attached hydrogens (tertiary/aromatic N) is 1. The van der Waals surface area contributed by atoms with Gasteiger partial charge in [0.25, 0.3) is 14.2 Å². The predicted molar refractivity (Wildman–Crippen MR) is 289 cm³/mol. The monoisotopic (exact) mass is 1030 g/mol. The molecule has 3 atom stereocenters. The lowest BCUT2D eigenvalue weighted by molar-refractivity contribution is -0.146. The summed E-state index contributed by atoms with van der Waals surface area (Å²) in [5.74, 6) is -1.74. The number of hydrogen-bond acceptors (Lipinski definition) is 10. The normalized spacial score (nSPS) is 16.4. The van der Waals surface area contributed by atoms with Crippen LogP contribution in [-0.4, -0.2) is 95.6 Å². The van der Waals surface area contributed by atoms with Crippen LogP contribution in [0.5, 0.6) is 5.75 Å². The number of hydrogen-bond donors (Lipinski definition) is 4. The third kappa shape index (κ3) is 15.8. The van der Waals surface area contributed by atoms with Crippen LogP contribution in [0.3, 0.4) is 0 Å². The highest BCUT2D eigenvalue weighted by molar-refractivity contribution is 6.78. The number of nitrogens with two attached hydrogens (primary N) is 1. The fourth-order valence-corrected chi connectivity index (χ4v) is 16.2. The number of primary amides is 1. The summed E-state index contributed by atoms with van der Waals surface area (Å²) in [6, 6.07) is 9.01. The van der Waals surface area contributed by atoms with E-state index in [0.29, 0.717) is 64.3 Å². The molecule has 2 aromatic carbocycles. The molecule has 0 radical (unpaired) electrons. The molecule has 0 aromatic heterocycles. The molecule has 1 aliphatic heterocycles. The van der Waals surface area contributed by atoms with Gasteiger partial charge in [0.2, 0.25) is 5.91 Å². The number of amides is 5. The van der Waals surface area contributed by atoms with Crippen molar-refractivity contribution in [3.63, 3.8) is 0 Å². The molecule has 0 unspecified atom stereocenters. The van der Waals surface area contributed by atoms with Crippen LogP contribution in [0, 0.1) is 24.2 Å². The molecule has 0 bridgehead atoms. The number of carbonyl (C=O) groups excluding carboxylic acids is 6. The molecular weight excluding hydrogens is 947 g/mol. The van der Waals surface area contributed by atoms with E-state index >= 15 is 0 Å². The number of rotatable bonds is 26. The minimum Gasteiger partial charge on any atom is -0.542 e. The van der Waals surface area contributed by atoms with Gasteiger partial charge in [-0.25, -0.2) is 9.59 Å². The first kappa shape index (κ1) is 59.6. The van der Waals surface area contributed by atoms with Crippen molar-refractivity contribution in [3.05, 3.63) is 71.3 Å². The second-order valence-corrected chi connectivity index (χ2v) is 33.3. The van der Waals surface area contributed by atoms with Crippen molar-refractivity contribution < 1.29 is 47.1 Å². The average Bonchev–Trinajstić information content (AvgIpc) is 3.95. The van der Waals surface area contributed by atoms with Crippen LogP contribution >= 0.6 is 0 Å². The number of Topliss-reactive ketones (excluding diaryl/α,β-unsaturated/α-hetero) is 1. The SMILES string of the molecule is C=CCOC(=O)C[C@H](C(=O)N[C@@H](CCCNC(N)=O)C(=O)Cc1ccc(COC(=O)Nc2cc(O[Si](C(C)C)(C(C)C)C(C)C)c(C)cc2C(=O)N2CC3(CC3)C[C@H]2CO[Si](C)(C)C(C)(C)C)cc1)C(C)C. The number of carbonyl (C=O) groups is 6. The summed E-state index contributed by atoms with van der Waals surface area (Å²) in [7, 11) is -4.55. The second kappa shape index (κ2) is 25.3. The second-order valence-electron chi connectivity index (χ2n) is 23.1. The van der Waals surface area contributed by atoms with Crippen molar-refractivity contribution in [2.45, 2.75) is 181 Å². The van der Waals surface area contributed by atoms with Gasteiger partial charge in [0.15, 0.2) is 14.1 Å². The molecule has 5 N–H and O–H groups in total. The highest BCUT2D eigenvalue weighted by Gasteiger charge is 2.54. The molecule has 5 amide bonds. The Bertz CT molecular complexity index is 2210. The maximum Gasteiger partial charge on any atom is 0.411 e. The van der Waals surface area contributed by atoms with E-state index in [1.165, 1.54) is 6.08 Å². The summed E-state index contributed by atoms with van der Waals surface area (Å²) >= 11 is 0. The average molecular weight is 1030 g/mol. The smallest absolute Gasteiger partial charge is 0.411 e. The van der Waals surface area contributed by atoms with Gasteiger partial charge in [0, 0.05) is 25.6 Å². The van der Waals surface area contributed by atoms with Gasteiger partial charge in [0.05, 0.1) is 42.3 Å². The summed E-state index contributed by atoms with van der Waals surface area (Å²) in [5, 5.41) is 8.33. The molecule has 72 heavy (non-hydrogen) atoms. The van der Waals surface area contributed by atoms with Crippen LogP contribution in [0.2, 0.25) is 34.8 Å². The number of esters is 1. The molecule has 400 valence electrons. The van der Waals surface area contributed by atoms with Crippen LogP contribution in [0.15, 0.2) is 49.1 Å². The third-order valence-corrected chi connectivity index (χ3v) is 25.9. The zero-order valence-electron chi connectivity index (χ0n) is 45.9. The Labute approximate surface area is 432 Å². The lowest BCUT2D eigenvalue weighted by Gasteiger charge is -2.42. The standard InChI is InChI=1S/C55H87N5O10Si2/c1-16-26-67-49(62)29-43(35(2)3)50(63)58-45(18-17-25-57-52(56)65)47(61)28-40-19-21-41(22-20-40)32-68-53(66)59-46-30-48(70-72(36(4)5,37(6)7)38(8)9)39(10)27-44(46)51(64)60-34-55(23-24-55)31-42(60)33-69-71(14,15)54(11,12)13/h16,19-22,27,30,35-38,42-43,45H,1,17-18,23-26,28-29,31-34H2,2-15H3,(H,58,63)(H,59,66)(H3,56,57,65)/t42-,43-,45-/m0/s1. The molecular formula is C55H87N5O10Si2. The molecule has 1 spiro atoms. The predicted octanol–water partition coefficient (Wildman–Crippen LogP) is 10.8. The molecule has 17 heteroatoms. The highest BCUT2D eigenvalue weighted by Crippen LogP contribution is 2.55. The van der Waals surface area contributed by atoms with E-state index in [1.54, 1.807) is 30.3 Å². The fraction of sp³-hybridized carbons (Fsp3) is 0.636. The third-order valence-electron chi connectivity index (χ3n) is 15.4. The summed E-state index contributed by atoms with van der Waals surface area (Å²) in [6.07, 6.45) is 4.15. The van der Waals surface area contributed by atoms with E-state index in [2.05, 4.69) is 97.9 Å². The van der Waals surface area contributed by atoms with Gasteiger partial charge in [-0.3, -0.25) is 24.5 Å². The zero-order valence-corrected chi connectivity index (χ0v) is 47.9. The van der Waals surface area contributed by atoms with Crippen molar-refractivity contribution in [1.82, 2.24) is 15.5 Å². The van der Waals surface area contributed by atoms with E-state index in [-0.39, 0.29) is 73.1 Å². The summed E-state index contributed by atoms with van der Waals surface area (Å²) in [4.78, 5) is 81.8. The first-order valence-electron chi connectivity index (χ1n) is 26.0. The number of likely N-dealkylation sites (tertiary alicyclic amines) is 1. The summed E-state index contributed by atoms with van der Waals surface area (Å²) in [5.41, 5.74) is 9.04. The van der Waals surface area contributed by atoms with E-state index in [0.717, 1.165) is 24.8 Å². The van der Waals surface area contributed by atoms with Gasteiger partial charge in [-0.1, -0.05) is 113 Å². The van der Waals surface area contributed by atoms with Gasteiger partial charge in [-0.05, 0) is 108 Å². The van der Waals surface area contributed by atoms with E-state index < -0.39 is 52.6 Å². The summed E-state index contributed by atoms with van der Waals surface area (Å²) < 4.78 is 24.8. The molecule has 1 saturated heterocycles. The molecule has 4 rings (SSSR count). The van der Waals surface area contributed by atoms with Crippen molar-refractivity contribution in [1.29, 1.82) is 0 Å². The maximum absolute atomic E-state index is 14.9. The molecule has 1 aliphatic carbocycles. The maximum atomic E-state index is 14.9. The largest absolute Gasteiger partial charge is 0.542 e. The number of urea groups is 1. The Hall–Kier alpha value is -5.01. The van der Waals surface area contributed by atoms with Gasteiger partial charge in [0.1, 0.15) is 19.0 Å². The van der Waals surface area contributed by atoms with Crippen molar-refractivity contribution in [2.75, 3.05) is 31.6 Å². The minimum atomic E-state index is -2.44. The first-order valence-corrected chi connectivity index (χ1v) is 31.0.